The predicted octanol–water partition coefficient (Wildman–Crippen LogP) is 4.52. The highest BCUT2D eigenvalue weighted by molar-refractivity contribution is 5.30. The Morgan fingerprint density at radius 3 is 2.00 bits per heavy atom. The molecule has 0 amide bonds. The van der Waals surface area contributed by atoms with Crippen LogP contribution in [0.5, 0.6) is 0 Å². The lowest BCUT2D eigenvalue weighted by Crippen LogP contribution is -2.20. The number of rotatable bonds is 3. The quantitative estimate of drug-likeness (QED) is 0.719. The summed E-state index contributed by atoms with van der Waals surface area (Å²) in [4.78, 5) is 0. The first-order chi connectivity index (χ1) is 8.08. The van der Waals surface area contributed by atoms with Gasteiger partial charge < -0.3 is 0 Å². The summed E-state index contributed by atoms with van der Waals surface area (Å²) in [7, 11) is 0. The Morgan fingerprint density at radius 2 is 1.41 bits per heavy atom. The van der Waals surface area contributed by atoms with Crippen LogP contribution in [0.2, 0.25) is 0 Å². The van der Waals surface area contributed by atoms with Gasteiger partial charge in [0.05, 0.1) is 0 Å². The fourth-order valence-electron chi connectivity index (χ4n) is 2.21. The topological polar surface area (TPSA) is 0 Å². The maximum absolute atomic E-state index is 2.31. The zero-order chi connectivity index (χ0) is 12.3. The van der Waals surface area contributed by atoms with Crippen LogP contribution in [0.25, 0.3) is 0 Å². The average molecular weight is 224 g/mol. The molecule has 2 aromatic carbocycles. The van der Waals surface area contributed by atoms with Crippen molar-refractivity contribution in [2.24, 2.45) is 0 Å². The van der Waals surface area contributed by atoms with Gasteiger partial charge in [-0.3, -0.25) is 0 Å². The third-order valence-corrected chi connectivity index (χ3v) is 3.32. The van der Waals surface area contributed by atoms with Gasteiger partial charge in [0.15, 0.2) is 0 Å². The lowest BCUT2D eigenvalue weighted by Gasteiger charge is -2.25. The summed E-state index contributed by atoms with van der Waals surface area (Å²) >= 11 is 0. The fourth-order valence-corrected chi connectivity index (χ4v) is 2.21. The van der Waals surface area contributed by atoms with Crippen molar-refractivity contribution < 1.29 is 0 Å². The molecule has 0 radical (unpaired) electrons. The first kappa shape index (κ1) is 11.9. The molecule has 0 N–H and O–H groups in total. The van der Waals surface area contributed by atoms with Crippen LogP contribution in [0.15, 0.2) is 54.6 Å². The van der Waals surface area contributed by atoms with E-state index in [9.17, 15) is 0 Å². The van der Waals surface area contributed by atoms with Crippen LogP contribution in [-0.4, -0.2) is 0 Å². The van der Waals surface area contributed by atoms with E-state index in [0.29, 0.717) is 0 Å². The Hall–Kier alpha value is -1.56. The molecule has 0 atom stereocenters. The van der Waals surface area contributed by atoms with E-state index >= 15 is 0 Å². The Bertz CT molecular complexity index is 463. The molecule has 0 spiro atoms. The number of hydrogen-bond donors (Lipinski definition) is 0. The molecular formula is C17H20. The van der Waals surface area contributed by atoms with Gasteiger partial charge in [0.25, 0.3) is 0 Å². The highest BCUT2D eigenvalue weighted by atomic mass is 14.2. The van der Waals surface area contributed by atoms with E-state index in [4.69, 9.17) is 0 Å². The van der Waals surface area contributed by atoms with Crippen LogP contribution in [0, 0.1) is 6.92 Å². The van der Waals surface area contributed by atoms with E-state index < -0.39 is 0 Å². The van der Waals surface area contributed by atoms with Crippen molar-refractivity contribution in [2.75, 3.05) is 0 Å². The second kappa shape index (κ2) is 4.75. The molecule has 2 aromatic rings. The minimum Gasteiger partial charge on any atom is -0.0622 e. The maximum atomic E-state index is 2.31. The van der Waals surface area contributed by atoms with E-state index in [1.807, 2.05) is 0 Å². The molecule has 0 aliphatic rings. The first-order valence-electron chi connectivity index (χ1n) is 6.19. The van der Waals surface area contributed by atoms with Crippen LogP contribution >= 0.6 is 0 Å². The van der Waals surface area contributed by atoms with Gasteiger partial charge in [-0.1, -0.05) is 74.0 Å². The first-order valence-corrected chi connectivity index (χ1v) is 6.19. The van der Waals surface area contributed by atoms with Gasteiger partial charge in [-0.25, -0.2) is 0 Å². The van der Waals surface area contributed by atoms with E-state index in [2.05, 4.69) is 75.4 Å². The van der Waals surface area contributed by atoms with Gasteiger partial charge in [0.2, 0.25) is 0 Å². The fraction of sp³-hybridized carbons (Fsp3) is 0.294. The van der Waals surface area contributed by atoms with Gasteiger partial charge in [-0.15, -0.1) is 0 Å². The summed E-state index contributed by atoms with van der Waals surface area (Å²) in [6.07, 6.45) is 1.08. The Kier molecular flexibility index (Phi) is 3.33. The van der Waals surface area contributed by atoms with Gasteiger partial charge >= 0.3 is 0 Å². The van der Waals surface area contributed by atoms with Gasteiger partial charge in [-0.2, -0.15) is 0 Å². The maximum Gasteiger partial charge on any atom is -0.00632 e. The summed E-state index contributed by atoms with van der Waals surface area (Å²) in [5.74, 6) is 0. The zero-order valence-corrected chi connectivity index (χ0v) is 10.9. The van der Waals surface area contributed by atoms with Crippen molar-refractivity contribution in [1.29, 1.82) is 0 Å². The normalized spacial score (nSPS) is 11.5. The SMILES string of the molecule is Cc1ccc(C(C)(C)Cc2ccccc2)cc1. The molecule has 0 heteroatoms. The molecule has 17 heavy (non-hydrogen) atoms. The third-order valence-electron chi connectivity index (χ3n) is 3.32. The standard InChI is InChI=1S/C17H20/c1-14-9-11-16(12-10-14)17(2,3)13-15-7-5-4-6-8-15/h4-12H,13H2,1-3H3. The predicted molar refractivity (Wildman–Crippen MR) is 74.4 cm³/mol. The molecule has 0 aliphatic heterocycles. The highest BCUT2D eigenvalue weighted by Crippen LogP contribution is 2.27. The van der Waals surface area contributed by atoms with Crippen LogP contribution in [0.1, 0.15) is 30.5 Å². The smallest absolute Gasteiger partial charge is 0.00632 e. The van der Waals surface area contributed by atoms with E-state index in [0.717, 1.165) is 6.42 Å². The van der Waals surface area contributed by atoms with Crippen molar-refractivity contribution in [1.82, 2.24) is 0 Å². The van der Waals surface area contributed by atoms with Crippen molar-refractivity contribution in [3.05, 3.63) is 71.3 Å². The summed E-state index contributed by atoms with van der Waals surface area (Å²) in [5.41, 5.74) is 4.32. The van der Waals surface area contributed by atoms with Crippen LogP contribution in [-0.2, 0) is 11.8 Å². The molecular weight excluding hydrogens is 204 g/mol. The van der Waals surface area contributed by atoms with Crippen LogP contribution in [0.3, 0.4) is 0 Å². The summed E-state index contributed by atoms with van der Waals surface area (Å²) in [6.45, 7) is 6.75. The third kappa shape index (κ3) is 2.97. The summed E-state index contributed by atoms with van der Waals surface area (Å²) in [5, 5.41) is 0. The summed E-state index contributed by atoms with van der Waals surface area (Å²) in [6, 6.07) is 19.6. The Labute approximate surface area is 104 Å². The number of aryl methyl sites for hydroxylation is 1. The van der Waals surface area contributed by atoms with Gasteiger partial charge in [-0.05, 0) is 29.9 Å². The van der Waals surface area contributed by atoms with Gasteiger partial charge in [0, 0.05) is 0 Å². The summed E-state index contributed by atoms with van der Waals surface area (Å²) < 4.78 is 0. The van der Waals surface area contributed by atoms with Crippen molar-refractivity contribution in [3.63, 3.8) is 0 Å². The van der Waals surface area contributed by atoms with E-state index in [-0.39, 0.29) is 5.41 Å². The highest BCUT2D eigenvalue weighted by Gasteiger charge is 2.20. The van der Waals surface area contributed by atoms with E-state index in [1.165, 1.54) is 16.7 Å². The minimum atomic E-state index is 0.190. The second-order valence-corrected chi connectivity index (χ2v) is 5.41. The number of hydrogen-bond acceptors (Lipinski definition) is 0. The van der Waals surface area contributed by atoms with Crippen molar-refractivity contribution >= 4 is 0 Å². The Morgan fingerprint density at radius 1 is 0.824 bits per heavy atom. The molecule has 0 aromatic heterocycles. The molecule has 0 saturated heterocycles. The second-order valence-electron chi connectivity index (χ2n) is 5.41. The van der Waals surface area contributed by atoms with Crippen molar-refractivity contribution in [3.8, 4) is 0 Å². The van der Waals surface area contributed by atoms with Crippen molar-refractivity contribution in [2.45, 2.75) is 32.6 Å². The molecule has 0 bridgehead atoms. The number of benzene rings is 2. The Balaban J connectivity index is 2.21. The van der Waals surface area contributed by atoms with Crippen LogP contribution < -0.4 is 0 Å². The molecule has 0 aliphatic carbocycles. The van der Waals surface area contributed by atoms with Crippen LogP contribution in [0.4, 0.5) is 0 Å². The lowest BCUT2D eigenvalue weighted by atomic mass is 9.79. The minimum absolute atomic E-state index is 0.190. The lowest BCUT2D eigenvalue weighted by molar-refractivity contribution is 0.522. The van der Waals surface area contributed by atoms with Gasteiger partial charge in [0.1, 0.15) is 0 Å². The molecule has 0 fully saturated rings. The monoisotopic (exact) mass is 224 g/mol. The molecule has 88 valence electrons. The molecule has 0 heterocycles. The molecule has 2 rings (SSSR count). The average Bonchev–Trinajstić information content (AvgIpc) is 2.30. The zero-order valence-electron chi connectivity index (χ0n) is 10.9. The molecule has 0 nitrogen and oxygen atoms in total. The molecule has 0 unspecified atom stereocenters. The van der Waals surface area contributed by atoms with E-state index in [1.54, 1.807) is 0 Å². The largest absolute Gasteiger partial charge is 0.0622 e. The molecule has 0 saturated carbocycles.